The third-order valence-corrected chi connectivity index (χ3v) is 6.72. The molecule has 0 unspecified atom stereocenters. The number of anilines is 5. The van der Waals surface area contributed by atoms with Gasteiger partial charge in [0.15, 0.2) is 0 Å². The summed E-state index contributed by atoms with van der Waals surface area (Å²) in [6, 6.07) is 43.1. The monoisotopic (exact) mass is 498 g/mol. The highest BCUT2D eigenvalue weighted by atomic mass is 15.1. The van der Waals surface area contributed by atoms with E-state index in [9.17, 15) is 0 Å². The van der Waals surface area contributed by atoms with Gasteiger partial charge < -0.3 is 9.80 Å². The minimum Gasteiger partial charge on any atom is -0.345 e. The molecule has 0 aromatic heterocycles. The van der Waals surface area contributed by atoms with Crippen molar-refractivity contribution in [2.75, 3.05) is 16.8 Å². The van der Waals surface area contributed by atoms with Crippen LogP contribution in [0.3, 0.4) is 0 Å². The van der Waals surface area contributed by atoms with Crippen molar-refractivity contribution < 1.29 is 0 Å². The first kappa shape index (κ1) is 26.8. The van der Waals surface area contributed by atoms with Gasteiger partial charge in [-0.2, -0.15) is 0 Å². The third-order valence-electron chi connectivity index (χ3n) is 6.72. The van der Waals surface area contributed by atoms with Crippen LogP contribution in [0.2, 0.25) is 0 Å². The molecule has 0 aliphatic carbocycles. The van der Waals surface area contributed by atoms with Crippen molar-refractivity contribution in [1.29, 1.82) is 0 Å². The van der Waals surface area contributed by atoms with Crippen molar-refractivity contribution in [1.82, 2.24) is 0 Å². The van der Waals surface area contributed by atoms with E-state index in [1.54, 1.807) is 0 Å². The summed E-state index contributed by atoms with van der Waals surface area (Å²) in [5.41, 5.74) is 12.4. The number of rotatable bonds is 5. The summed E-state index contributed by atoms with van der Waals surface area (Å²) in [6.45, 7) is 10.6. The molecule has 2 heteroatoms. The molecular formula is C36H38N2. The van der Waals surface area contributed by atoms with Crippen molar-refractivity contribution in [3.63, 3.8) is 0 Å². The number of hydrogen-bond donors (Lipinski definition) is 0. The van der Waals surface area contributed by atoms with Gasteiger partial charge >= 0.3 is 0 Å². The van der Waals surface area contributed by atoms with Crippen LogP contribution < -0.4 is 9.80 Å². The highest BCUT2D eigenvalue weighted by Gasteiger charge is 2.11. The van der Waals surface area contributed by atoms with E-state index in [2.05, 4.69) is 173 Å². The van der Waals surface area contributed by atoms with Crippen LogP contribution in [-0.4, -0.2) is 7.05 Å². The molecular weight excluding hydrogens is 460 g/mol. The summed E-state index contributed by atoms with van der Waals surface area (Å²) >= 11 is 0. The number of benzene rings is 5. The molecule has 0 aliphatic rings. The maximum Gasteiger partial charge on any atom is 0.0461 e. The Morgan fingerprint density at radius 1 is 0.289 bits per heavy atom. The molecule has 0 aliphatic heterocycles. The molecule has 0 fully saturated rings. The summed E-state index contributed by atoms with van der Waals surface area (Å²) < 4.78 is 0. The first-order chi connectivity index (χ1) is 18.3. The highest BCUT2D eigenvalue weighted by Crippen LogP contribution is 2.34. The fourth-order valence-electron chi connectivity index (χ4n) is 4.21. The second kappa shape index (κ2) is 12.3. The van der Waals surface area contributed by atoms with Gasteiger partial charge in [0.1, 0.15) is 0 Å². The van der Waals surface area contributed by atoms with Crippen molar-refractivity contribution in [2.24, 2.45) is 0 Å². The molecule has 192 valence electrons. The average Bonchev–Trinajstić information content (AvgIpc) is 2.93. The van der Waals surface area contributed by atoms with Gasteiger partial charge in [0, 0.05) is 35.5 Å². The zero-order valence-electron chi connectivity index (χ0n) is 23.4. The molecule has 0 atom stereocenters. The SMILES string of the molecule is Cc1ccc(N(C)c2ccc(C)cc2)cc1.Cc1ccc(N(c2ccc(C)cc2)c2ccc(C)cc2)cc1. The van der Waals surface area contributed by atoms with E-state index in [4.69, 9.17) is 0 Å². The van der Waals surface area contributed by atoms with E-state index < -0.39 is 0 Å². The predicted octanol–water partition coefficient (Wildman–Crippen LogP) is 10.2. The molecule has 0 spiro atoms. The summed E-state index contributed by atoms with van der Waals surface area (Å²) in [5.74, 6) is 0. The van der Waals surface area contributed by atoms with Crippen LogP contribution >= 0.6 is 0 Å². The Balaban J connectivity index is 0.000000186. The Hall–Kier alpha value is -4.30. The smallest absolute Gasteiger partial charge is 0.0461 e. The maximum absolute atomic E-state index is 2.29. The van der Waals surface area contributed by atoms with Gasteiger partial charge in [-0.05, 0) is 95.3 Å². The Morgan fingerprint density at radius 2 is 0.474 bits per heavy atom. The summed E-state index contributed by atoms with van der Waals surface area (Å²) in [5, 5.41) is 0. The van der Waals surface area contributed by atoms with Gasteiger partial charge in [-0.3, -0.25) is 0 Å². The number of hydrogen-bond acceptors (Lipinski definition) is 2. The highest BCUT2D eigenvalue weighted by molar-refractivity contribution is 5.76. The minimum absolute atomic E-state index is 1.18. The van der Waals surface area contributed by atoms with Gasteiger partial charge in [-0.25, -0.2) is 0 Å². The van der Waals surface area contributed by atoms with Crippen LogP contribution in [0.15, 0.2) is 121 Å². The number of aryl methyl sites for hydroxylation is 5. The zero-order chi connectivity index (χ0) is 27.1. The second-order valence-corrected chi connectivity index (χ2v) is 10.1. The van der Waals surface area contributed by atoms with E-state index in [0.29, 0.717) is 0 Å². The second-order valence-electron chi connectivity index (χ2n) is 10.1. The van der Waals surface area contributed by atoms with Gasteiger partial charge in [0.05, 0.1) is 0 Å². The van der Waals surface area contributed by atoms with E-state index in [-0.39, 0.29) is 0 Å². The normalized spacial score (nSPS) is 10.4. The van der Waals surface area contributed by atoms with E-state index >= 15 is 0 Å². The van der Waals surface area contributed by atoms with Crippen LogP contribution in [0, 0.1) is 34.6 Å². The largest absolute Gasteiger partial charge is 0.345 e. The molecule has 5 aromatic carbocycles. The van der Waals surface area contributed by atoms with Crippen LogP contribution in [0.5, 0.6) is 0 Å². The van der Waals surface area contributed by atoms with Gasteiger partial charge in [-0.1, -0.05) is 88.5 Å². The van der Waals surface area contributed by atoms with Crippen LogP contribution in [0.1, 0.15) is 27.8 Å². The van der Waals surface area contributed by atoms with Crippen LogP contribution in [0.4, 0.5) is 28.4 Å². The van der Waals surface area contributed by atoms with Gasteiger partial charge in [0.25, 0.3) is 0 Å². The van der Waals surface area contributed by atoms with Crippen molar-refractivity contribution >= 4 is 28.4 Å². The Kier molecular flexibility index (Phi) is 8.66. The first-order valence-electron chi connectivity index (χ1n) is 13.2. The van der Waals surface area contributed by atoms with Crippen LogP contribution in [0.25, 0.3) is 0 Å². The zero-order valence-corrected chi connectivity index (χ0v) is 23.4. The van der Waals surface area contributed by atoms with Gasteiger partial charge in [0.2, 0.25) is 0 Å². The molecule has 0 saturated heterocycles. The Labute approximate surface area is 228 Å². The Bertz CT molecular complexity index is 1260. The molecule has 38 heavy (non-hydrogen) atoms. The van der Waals surface area contributed by atoms with E-state index in [1.165, 1.54) is 56.3 Å². The topological polar surface area (TPSA) is 6.48 Å². The van der Waals surface area contributed by atoms with Crippen molar-refractivity contribution in [2.45, 2.75) is 34.6 Å². The first-order valence-corrected chi connectivity index (χ1v) is 13.2. The Morgan fingerprint density at radius 3 is 0.684 bits per heavy atom. The van der Waals surface area contributed by atoms with Crippen molar-refractivity contribution in [3.8, 4) is 0 Å². The number of nitrogens with zero attached hydrogens (tertiary/aromatic N) is 2. The summed E-state index contributed by atoms with van der Waals surface area (Å²) in [7, 11) is 2.09. The van der Waals surface area contributed by atoms with Gasteiger partial charge in [-0.15, -0.1) is 0 Å². The lowest BCUT2D eigenvalue weighted by atomic mass is 10.1. The molecule has 2 nitrogen and oxygen atoms in total. The lowest BCUT2D eigenvalue weighted by Gasteiger charge is -2.25. The minimum atomic E-state index is 1.18. The fraction of sp³-hybridized carbons (Fsp3) is 0.167. The summed E-state index contributed by atoms with van der Waals surface area (Å²) in [4.78, 5) is 4.48. The average molecular weight is 499 g/mol. The fourth-order valence-corrected chi connectivity index (χ4v) is 4.21. The third kappa shape index (κ3) is 6.92. The standard InChI is InChI=1S/C21H21N.C15H17N/c1-16-4-10-19(11-5-16)22(20-12-6-17(2)7-13-20)21-14-8-18(3)9-15-21;1-12-4-8-14(9-5-12)16(3)15-10-6-13(2)7-11-15/h4-15H,1-3H3;4-11H,1-3H3. The molecule has 0 amide bonds. The lowest BCUT2D eigenvalue weighted by Crippen LogP contribution is -2.09. The van der Waals surface area contributed by atoms with E-state index in [1.807, 2.05) is 0 Å². The molecule has 5 rings (SSSR count). The quantitative estimate of drug-likeness (QED) is 0.238. The predicted molar refractivity (Wildman–Crippen MR) is 166 cm³/mol. The summed E-state index contributed by atoms with van der Waals surface area (Å²) in [6.07, 6.45) is 0. The molecule has 0 heterocycles. The van der Waals surface area contributed by atoms with Crippen LogP contribution in [-0.2, 0) is 0 Å². The van der Waals surface area contributed by atoms with Crippen molar-refractivity contribution in [3.05, 3.63) is 149 Å². The maximum atomic E-state index is 2.29. The molecule has 0 radical (unpaired) electrons. The molecule has 5 aromatic rings. The molecule has 0 bridgehead atoms. The molecule has 0 saturated carbocycles. The van der Waals surface area contributed by atoms with E-state index in [0.717, 1.165) is 0 Å². The lowest BCUT2D eigenvalue weighted by molar-refractivity contribution is 1.20. The molecule has 0 N–H and O–H groups in total.